The molecule has 0 aliphatic carbocycles. The van der Waals surface area contributed by atoms with Crippen LogP contribution in [0.1, 0.15) is 79.1 Å². The predicted molar refractivity (Wildman–Crippen MR) is 114 cm³/mol. The zero-order chi connectivity index (χ0) is 18.1. The molecule has 0 aliphatic rings. The Morgan fingerprint density at radius 2 is 1.35 bits per heavy atom. The summed E-state index contributed by atoms with van der Waals surface area (Å²) < 4.78 is 4.26. The normalized spacial score (nSPS) is 11.0. The number of thiol groups is 2. The van der Waals surface area contributed by atoms with Crippen LogP contribution in [0.4, 0.5) is 0 Å². The fourth-order valence-electron chi connectivity index (χ4n) is 2.58. The van der Waals surface area contributed by atoms with Gasteiger partial charge in [-0.2, -0.15) is 25.3 Å². The first kappa shape index (κ1) is 26.2. The van der Waals surface area contributed by atoms with Gasteiger partial charge in [-0.3, -0.25) is 4.79 Å². The zero-order valence-corrected chi connectivity index (χ0v) is 20.8. The van der Waals surface area contributed by atoms with E-state index >= 15 is 0 Å². The van der Waals surface area contributed by atoms with Crippen LogP contribution in [0.15, 0.2) is 0 Å². The second kappa shape index (κ2) is 19.3. The Bertz CT molecular complexity index is 253. The summed E-state index contributed by atoms with van der Waals surface area (Å²) in [6.07, 6.45) is 11.9. The van der Waals surface area contributed by atoms with Gasteiger partial charge in [0.2, 0.25) is 0 Å². The van der Waals surface area contributed by atoms with Gasteiger partial charge in [0.1, 0.15) is 4.58 Å². The summed E-state index contributed by atoms with van der Waals surface area (Å²) in [7, 11) is 0. The van der Waals surface area contributed by atoms with Crippen LogP contribution >= 0.6 is 25.3 Å². The summed E-state index contributed by atoms with van der Waals surface area (Å²) in [6, 6.07) is 0. The van der Waals surface area contributed by atoms with Crippen molar-refractivity contribution >= 4 is 51.0 Å². The van der Waals surface area contributed by atoms with Gasteiger partial charge in [-0.05, 0) is 0 Å². The Morgan fingerprint density at radius 1 is 0.913 bits per heavy atom. The number of carboxylic acids is 1. The molecule has 0 aromatic carbocycles. The minimum Gasteiger partial charge on any atom is -0.480 e. The molecule has 140 valence electrons. The summed E-state index contributed by atoms with van der Waals surface area (Å²) in [5, 5.41) is 7.84. The molecule has 0 spiro atoms. The molecule has 5 heteroatoms. The molecule has 2 nitrogen and oxygen atoms in total. The molecule has 0 aromatic heterocycles. The van der Waals surface area contributed by atoms with Crippen molar-refractivity contribution in [3.05, 3.63) is 0 Å². The second-order valence-electron chi connectivity index (χ2n) is 6.89. The Hall–Kier alpha value is 0.969. The summed E-state index contributed by atoms with van der Waals surface area (Å²) >= 11 is 5.88. The summed E-state index contributed by atoms with van der Waals surface area (Å²) in [4.78, 5) is 9.55. The average Bonchev–Trinajstić information content (AvgIpc) is 2.49. The van der Waals surface area contributed by atoms with E-state index in [0.29, 0.717) is 0 Å². The monoisotopic (exact) mass is 472 g/mol. The van der Waals surface area contributed by atoms with E-state index in [1.807, 2.05) is 0 Å². The van der Waals surface area contributed by atoms with Crippen molar-refractivity contribution < 1.29 is 9.90 Å². The molecule has 0 heterocycles. The summed E-state index contributed by atoms with van der Waals surface area (Å²) in [6.45, 7) is 9.41. The molecule has 0 atom stereocenters. The minimum absolute atomic E-state index is 0.843. The largest absolute Gasteiger partial charge is 0.480 e. The van der Waals surface area contributed by atoms with Gasteiger partial charge in [0.15, 0.2) is 0 Å². The van der Waals surface area contributed by atoms with Crippen molar-refractivity contribution in [1.82, 2.24) is 0 Å². The van der Waals surface area contributed by atoms with Crippen molar-refractivity contribution in [3.63, 3.8) is 0 Å². The fraction of sp³-hybridized carbons (Fsp3) is 0.944. The molecule has 0 unspecified atom stereocenters. The van der Waals surface area contributed by atoms with E-state index in [2.05, 4.69) is 53.0 Å². The number of aliphatic carboxylic acids is 1. The van der Waals surface area contributed by atoms with Gasteiger partial charge in [-0.25, -0.2) is 0 Å². The van der Waals surface area contributed by atoms with Crippen LogP contribution < -0.4 is 0 Å². The first-order chi connectivity index (χ1) is 10.8. The van der Waals surface area contributed by atoms with E-state index in [-0.39, 0.29) is 0 Å². The number of unbranched alkanes of at least 4 members (excludes halogenated alkanes) is 4. The first-order valence-electron chi connectivity index (χ1n) is 9.43. The van der Waals surface area contributed by atoms with Gasteiger partial charge in [0.05, 0.1) is 0 Å². The van der Waals surface area contributed by atoms with E-state index in [1.165, 1.54) is 44.9 Å². The van der Waals surface area contributed by atoms with E-state index < -0.39 is 30.3 Å². The Balaban J connectivity index is 0. The van der Waals surface area contributed by atoms with Gasteiger partial charge in [-0.15, -0.1) is 0 Å². The number of hydrogen-bond donors (Lipinski definition) is 3. The third-order valence-corrected chi connectivity index (χ3v) is 15.0. The number of carboxylic acid groups (broad SMARTS) is 1. The van der Waals surface area contributed by atoms with Gasteiger partial charge in [0, 0.05) is 0 Å². The van der Waals surface area contributed by atoms with Crippen LogP contribution in [0.25, 0.3) is 0 Å². The molecule has 1 N–H and O–H groups in total. The molecule has 0 bridgehead atoms. The molecule has 0 rings (SSSR count). The van der Waals surface area contributed by atoms with Crippen molar-refractivity contribution in [1.29, 1.82) is 0 Å². The molecular formula is C18H40O2S2Sn. The molecule has 0 saturated heterocycles. The quantitative estimate of drug-likeness (QED) is 0.128. The second-order valence-corrected chi connectivity index (χ2v) is 18.2. The first-order valence-corrected chi connectivity index (χ1v) is 17.5. The van der Waals surface area contributed by atoms with Crippen LogP contribution in [0.2, 0.25) is 13.3 Å². The third-order valence-electron chi connectivity index (χ3n) is 4.05. The van der Waals surface area contributed by atoms with Crippen LogP contribution in [0.3, 0.4) is 0 Å². The maximum Gasteiger partial charge on any atom is 0.326 e. The number of rotatable bonds is 13. The van der Waals surface area contributed by atoms with Gasteiger partial charge < -0.3 is 5.11 Å². The molecule has 23 heavy (non-hydrogen) atoms. The van der Waals surface area contributed by atoms with E-state index in [0.717, 1.165) is 5.92 Å². The van der Waals surface area contributed by atoms with Crippen LogP contribution in [-0.4, -0.2) is 35.4 Å². The van der Waals surface area contributed by atoms with Crippen molar-refractivity contribution in [2.75, 3.05) is 0 Å². The molecular weight excluding hydrogens is 431 g/mol. The van der Waals surface area contributed by atoms with Crippen molar-refractivity contribution in [2.45, 2.75) is 97.0 Å². The van der Waals surface area contributed by atoms with Crippen LogP contribution in [-0.2, 0) is 4.79 Å². The average molecular weight is 471 g/mol. The molecule has 0 fully saturated rings. The number of carbonyl (C=O) groups is 1. The van der Waals surface area contributed by atoms with E-state index in [4.69, 9.17) is 5.11 Å². The SMILES string of the molecule is CCC[CH2][SnH]([CH2]CCC)[CH2]CCCCC(C)C.O=C(O)C(S)S. The topological polar surface area (TPSA) is 37.3 Å². The molecule has 0 amide bonds. The minimum atomic E-state index is -1.04. The molecule has 0 aliphatic heterocycles. The van der Waals surface area contributed by atoms with Crippen LogP contribution in [0.5, 0.6) is 0 Å². The zero-order valence-electron chi connectivity index (χ0n) is 15.8. The summed E-state index contributed by atoms with van der Waals surface area (Å²) in [5.74, 6) is -0.101. The van der Waals surface area contributed by atoms with Crippen LogP contribution in [0, 0.1) is 5.92 Å². The predicted octanol–water partition coefficient (Wildman–Crippen LogP) is 6.29. The van der Waals surface area contributed by atoms with Gasteiger partial charge in [-0.1, -0.05) is 0 Å². The molecule has 0 radical (unpaired) electrons. The molecule has 0 aromatic rings. The number of hydrogen-bond acceptors (Lipinski definition) is 3. The smallest absolute Gasteiger partial charge is 0.326 e. The Labute approximate surface area is 163 Å². The van der Waals surface area contributed by atoms with E-state index in [9.17, 15) is 4.79 Å². The third kappa shape index (κ3) is 23.0. The Kier molecular flexibility index (Phi) is 22.0. The van der Waals surface area contributed by atoms with E-state index in [1.54, 1.807) is 19.7 Å². The van der Waals surface area contributed by atoms with Gasteiger partial charge >= 0.3 is 124 Å². The van der Waals surface area contributed by atoms with Crippen molar-refractivity contribution in [2.24, 2.45) is 5.92 Å². The Morgan fingerprint density at radius 3 is 1.70 bits per heavy atom. The maximum absolute atomic E-state index is 9.55. The maximum atomic E-state index is 9.55. The van der Waals surface area contributed by atoms with Crippen molar-refractivity contribution in [3.8, 4) is 0 Å². The molecule has 0 saturated carbocycles. The standard InChI is InChI=1S/C8H17.2C4H9.C2H4O2S2.Sn.H/c1-4-5-6-7-8(2)3;2*1-3-4-2;3-1(4)2(5)6;;/h8H,1,4-7H2,2-3H3;2*1,3-4H2,2H3;2,5-6H,(H,3,4);;. The van der Waals surface area contributed by atoms with Gasteiger partial charge in [0.25, 0.3) is 0 Å². The summed E-state index contributed by atoms with van der Waals surface area (Å²) in [5.41, 5.74) is 0. The fourth-order valence-corrected chi connectivity index (χ4v) is 13.2.